The molecule has 2 aromatic carbocycles. The van der Waals surface area contributed by atoms with Gasteiger partial charge in [-0.1, -0.05) is 25.1 Å². The van der Waals surface area contributed by atoms with Gasteiger partial charge in [-0.2, -0.15) is 0 Å². The van der Waals surface area contributed by atoms with Crippen LogP contribution >= 0.6 is 0 Å². The van der Waals surface area contributed by atoms with Gasteiger partial charge in [-0.05, 0) is 42.0 Å². The van der Waals surface area contributed by atoms with Crippen molar-refractivity contribution in [2.24, 2.45) is 0 Å². The normalized spacial score (nSPS) is 12.1. The summed E-state index contributed by atoms with van der Waals surface area (Å²) < 4.78 is 0. The largest absolute Gasteiger partial charge is 0.396 e. The molecule has 140 valence electrons. The minimum atomic E-state index is -0.224. The number of nitrogens with one attached hydrogen (secondary N) is 2. The Morgan fingerprint density at radius 1 is 1.14 bits per heavy atom. The van der Waals surface area contributed by atoms with E-state index in [4.69, 9.17) is 0 Å². The molecule has 0 spiro atoms. The molecule has 0 bridgehead atoms. The lowest BCUT2D eigenvalue weighted by Crippen LogP contribution is -2.12. The first kappa shape index (κ1) is 17.9. The van der Waals surface area contributed by atoms with Crippen LogP contribution in [0.2, 0.25) is 0 Å². The SMILES string of the molecule is CC(CO)c1ccc(NC(=O)c2cccc3[nH]c(-c4cccnc4)nc23)cc1. The predicted octanol–water partition coefficient (Wildman–Crippen LogP) is 3.97. The molecule has 1 unspecified atom stereocenters. The molecule has 3 N–H and O–H groups in total. The van der Waals surface area contributed by atoms with Crippen LogP contribution in [0.1, 0.15) is 28.8 Å². The van der Waals surface area contributed by atoms with E-state index in [1.165, 1.54) is 0 Å². The summed E-state index contributed by atoms with van der Waals surface area (Å²) in [6.07, 6.45) is 3.43. The third-order valence-corrected chi connectivity index (χ3v) is 4.70. The fourth-order valence-electron chi connectivity index (χ4n) is 3.05. The molecular formula is C22H20N4O2. The van der Waals surface area contributed by atoms with Crippen molar-refractivity contribution in [3.63, 3.8) is 0 Å². The highest BCUT2D eigenvalue weighted by Crippen LogP contribution is 2.23. The van der Waals surface area contributed by atoms with E-state index in [1.54, 1.807) is 18.5 Å². The van der Waals surface area contributed by atoms with Crippen molar-refractivity contribution in [1.29, 1.82) is 0 Å². The van der Waals surface area contributed by atoms with Crippen LogP contribution in [0.15, 0.2) is 67.0 Å². The van der Waals surface area contributed by atoms with Gasteiger partial charge in [0, 0.05) is 36.2 Å². The Labute approximate surface area is 162 Å². The number of nitrogens with zero attached hydrogens (tertiary/aromatic N) is 2. The van der Waals surface area contributed by atoms with Crippen LogP contribution in [-0.4, -0.2) is 32.6 Å². The first-order valence-corrected chi connectivity index (χ1v) is 9.07. The maximum Gasteiger partial charge on any atom is 0.257 e. The zero-order valence-corrected chi connectivity index (χ0v) is 15.4. The number of rotatable bonds is 5. The van der Waals surface area contributed by atoms with Gasteiger partial charge in [0.1, 0.15) is 11.3 Å². The smallest absolute Gasteiger partial charge is 0.257 e. The van der Waals surface area contributed by atoms with Crippen molar-refractivity contribution in [2.45, 2.75) is 12.8 Å². The second kappa shape index (κ2) is 7.62. The number of para-hydroxylation sites is 1. The van der Waals surface area contributed by atoms with Crippen molar-refractivity contribution in [3.8, 4) is 11.4 Å². The maximum atomic E-state index is 12.8. The Morgan fingerprint density at radius 3 is 2.68 bits per heavy atom. The third-order valence-electron chi connectivity index (χ3n) is 4.70. The van der Waals surface area contributed by atoms with Gasteiger partial charge in [-0.15, -0.1) is 0 Å². The minimum absolute atomic E-state index is 0.0634. The Bertz CT molecular complexity index is 1100. The average Bonchev–Trinajstić information content (AvgIpc) is 3.18. The molecule has 0 saturated heterocycles. The lowest BCUT2D eigenvalue weighted by atomic mass is 10.0. The van der Waals surface area contributed by atoms with Crippen LogP contribution < -0.4 is 5.32 Å². The van der Waals surface area contributed by atoms with Crippen LogP contribution in [0.5, 0.6) is 0 Å². The molecule has 6 heteroatoms. The second-order valence-electron chi connectivity index (χ2n) is 6.69. The zero-order valence-electron chi connectivity index (χ0n) is 15.4. The van der Waals surface area contributed by atoms with E-state index < -0.39 is 0 Å². The summed E-state index contributed by atoms with van der Waals surface area (Å²) in [6.45, 7) is 2.04. The summed E-state index contributed by atoms with van der Waals surface area (Å²) in [4.78, 5) is 24.8. The number of pyridine rings is 1. The van der Waals surface area contributed by atoms with Gasteiger partial charge >= 0.3 is 0 Å². The number of amides is 1. The molecule has 2 heterocycles. The van der Waals surface area contributed by atoms with Crippen molar-refractivity contribution in [2.75, 3.05) is 11.9 Å². The number of aliphatic hydroxyl groups excluding tert-OH is 1. The molecule has 6 nitrogen and oxygen atoms in total. The molecular weight excluding hydrogens is 352 g/mol. The molecule has 0 aliphatic heterocycles. The number of hydrogen-bond donors (Lipinski definition) is 3. The number of fused-ring (bicyclic) bond motifs is 1. The molecule has 0 aliphatic carbocycles. The van der Waals surface area contributed by atoms with Crippen LogP contribution in [0.25, 0.3) is 22.4 Å². The van der Waals surface area contributed by atoms with Crippen molar-refractivity contribution >= 4 is 22.6 Å². The quantitative estimate of drug-likeness (QED) is 0.494. The van der Waals surface area contributed by atoms with Gasteiger partial charge in [0.05, 0.1) is 11.1 Å². The summed E-state index contributed by atoms with van der Waals surface area (Å²) in [5, 5.41) is 12.2. The predicted molar refractivity (Wildman–Crippen MR) is 109 cm³/mol. The van der Waals surface area contributed by atoms with Crippen molar-refractivity contribution in [1.82, 2.24) is 15.0 Å². The number of hydrogen-bond acceptors (Lipinski definition) is 4. The molecule has 4 rings (SSSR count). The van der Waals surface area contributed by atoms with E-state index in [-0.39, 0.29) is 18.4 Å². The number of carbonyl (C=O) groups is 1. The van der Waals surface area contributed by atoms with Gasteiger partial charge < -0.3 is 15.4 Å². The minimum Gasteiger partial charge on any atom is -0.396 e. The topological polar surface area (TPSA) is 90.9 Å². The zero-order chi connectivity index (χ0) is 19.5. The number of imidazole rings is 1. The number of aromatic amines is 1. The molecule has 0 aliphatic rings. The lowest BCUT2D eigenvalue weighted by Gasteiger charge is -2.10. The standard InChI is InChI=1S/C22H20N4O2/c1-14(13-27)15-7-9-17(10-8-15)24-22(28)18-5-2-6-19-20(18)26-21(25-19)16-4-3-11-23-12-16/h2-12,14,27H,13H2,1H3,(H,24,28)(H,25,26). The lowest BCUT2D eigenvalue weighted by molar-refractivity contribution is 0.102. The second-order valence-corrected chi connectivity index (χ2v) is 6.69. The number of aromatic nitrogens is 3. The summed E-state index contributed by atoms with van der Waals surface area (Å²) >= 11 is 0. The van der Waals surface area contributed by atoms with Gasteiger partial charge in [-0.25, -0.2) is 4.98 Å². The molecule has 0 saturated carbocycles. The van der Waals surface area contributed by atoms with Crippen molar-refractivity contribution < 1.29 is 9.90 Å². The van der Waals surface area contributed by atoms with Gasteiger partial charge in [-0.3, -0.25) is 9.78 Å². The first-order valence-electron chi connectivity index (χ1n) is 9.07. The molecule has 1 atom stereocenters. The Morgan fingerprint density at radius 2 is 1.96 bits per heavy atom. The maximum absolute atomic E-state index is 12.8. The Balaban J connectivity index is 1.61. The molecule has 0 fully saturated rings. The van der Waals surface area contributed by atoms with Gasteiger partial charge in [0.25, 0.3) is 5.91 Å². The summed E-state index contributed by atoms with van der Waals surface area (Å²) in [5.74, 6) is 0.511. The molecule has 28 heavy (non-hydrogen) atoms. The number of H-pyrrole nitrogens is 1. The van der Waals surface area contributed by atoms with Crippen molar-refractivity contribution in [3.05, 3.63) is 78.1 Å². The fraction of sp³-hybridized carbons (Fsp3) is 0.136. The Hall–Kier alpha value is -3.51. The van der Waals surface area contributed by atoms with Crippen LogP contribution in [-0.2, 0) is 0 Å². The third kappa shape index (κ3) is 3.50. The van der Waals surface area contributed by atoms with Gasteiger partial charge in [0.15, 0.2) is 0 Å². The number of carbonyl (C=O) groups excluding carboxylic acids is 1. The number of aliphatic hydroxyl groups is 1. The molecule has 4 aromatic rings. The molecule has 2 aromatic heterocycles. The van der Waals surface area contributed by atoms with E-state index in [9.17, 15) is 9.90 Å². The summed E-state index contributed by atoms with van der Waals surface area (Å²) in [6, 6.07) is 16.7. The van der Waals surface area contributed by atoms with E-state index in [0.717, 1.165) is 16.6 Å². The summed E-state index contributed by atoms with van der Waals surface area (Å²) in [7, 11) is 0. The van der Waals surface area contributed by atoms with E-state index in [0.29, 0.717) is 22.6 Å². The van der Waals surface area contributed by atoms with E-state index >= 15 is 0 Å². The molecule has 0 radical (unpaired) electrons. The highest BCUT2D eigenvalue weighted by molar-refractivity contribution is 6.11. The fourth-order valence-corrected chi connectivity index (χ4v) is 3.05. The highest BCUT2D eigenvalue weighted by Gasteiger charge is 2.15. The monoisotopic (exact) mass is 372 g/mol. The summed E-state index contributed by atoms with van der Waals surface area (Å²) in [5.41, 5.74) is 4.48. The van der Waals surface area contributed by atoms with Gasteiger partial charge in [0.2, 0.25) is 0 Å². The van der Waals surface area contributed by atoms with E-state index in [2.05, 4.69) is 20.3 Å². The van der Waals surface area contributed by atoms with Crippen LogP contribution in [0, 0.1) is 0 Å². The number of benzene rings is 2. The van der Waals surface area contributed by atoms with E-state index in [1.807, 2.05) is 55.5 Å². The highest BCUT2D eigenvalue weighted by atomic mass is 16.3. The number of anilines is 1. The molecule has 1 amide bonds. The Kier molecular flexibility index (Phi) is 4.87. The van der Waals surface area contributed by atoms with Crippen LogP contribution in [0.3, 0.4) is 0 Å². The average molecular weight is 372 g/mol. The first-order chi connectivity index (χ1) is 13.7. The van der Waals surface area contributed by atoms with Crippen LogP contribution in [0.4, 0.5) is 5.69 Å².